The van der Waals surface area contributed by atoms with E-state index < -0.39 is 10.0 Å². The van der Waals surface area contributed by atoms with Crippen molar-refractivity contribution in [1.82, 2.24) is 19.0 Å². The summed E-state index contributed by atoms with van der Waals surface area (Å²) in [5.74, 6) is 0. The topological polar surface area (TPSA) is 113 Å². The fourth-order valence-electron chi connectivity index (χ4n) is 3.53. The van der Waals surface area contributed by atoms with Crippen LogP contribution in [0.4, 0.5) is 5.69 Å². The van der Waals surface area contributed by atoms with Gasteiger partial charge in [0, 0.05) is 37.4 Å². The number of nitrogens with two attached hydrogens (primary N) is 1. The average molecular weight is 435 g/mol. The highest BCUT2D eigenvalue weighted by Gasteiger charge is 2.41. The highest BCUT2D eigenvalue weighted by atomic mass is 32.2. The Morgan fingerprint density at radius 2 is 2.03 bits per heavy atom. The van der Waals surface area contributed by atoms with Crippen LogP contribution in [-0.4, -0.2) is 67.4 Å². The van der Waals surface area contributed by atoms with Crippen LogP contribution in [0.1, 0.15) is 32.4 Å². The monoisotopic (exact) mass is 434 g/mol. The number of hydrogen-bond acceptors (Lipinski definition) is 6. The lowest BCUT2D eigenvalue weighted by atomic mass is 10.2. The van der Waals surface area contributed by atoms with E-state index in [1.165, 1.54) is 0 Å². The van der Waals surface area contributed by atoms with E-state index in [1.54, 1.807) is 24.5 Å². The number of nitrogens with zero attached hydrogens (tertiary/aromatic N) is 4. The lowest BCUT2D eigenvalue weighted by Crippen LogP contribution is -2.50. The summed E-state index contributed by atoms with van der Waals surface area (Å²) in [7, 11) is -1.49. The van der Waals surface area contributed by atoms with Crippen LogP contribution in [0, 0.1) is 0 Å². The zero-order chi connectivity index (χ0) is 22.1. The van der Waals surface area contributed by atoms with E-state index in [1.807, 2.05) is 11.3 Å². The van der Waals surface area contributed by atoms with Gasteiger partial charge in [-0.1, -0.05) is 6.58 Å². The van der Waals surface area contributed by atoms with Gasteiger partial charge in [-0.05, 0) is 45.9 Å². The fourth-order valence-corrected chi connectivity index (χ4v) is 5.02. The molecule has 3 heterocycles. The molecule has 164 valence electrons. The Morgan fingerprint density at radius 1 is 1.37 bits per heavy atom. The van der Waals surface area contributed by atoms with Crippen molar-refractivity contribution in [3.63, 3.8) is 0 Å². The summed E-state index contributed by atoms with van der Waals surface area (Å²) in [6.45, 7) is 10.5. The van der Waals surface area contributed by atoms with E-state index in [0.29, 0.717) is 6.04 Å². The van der Waals surface area contributed by atoms with Gasteiger partial charge in [-0.15, -0.1) is 0 Å². The summed E-state index contributed by atoms with van der Waals surface area (Å²) < 4.78 is 30.7. The molecule has 1 atom stereocenters. The van der Waals surface area contributed by atoms with Gasteiger partial charge >= 0.3 is 0 Å². The van der Waals surface area contributed by atoms with Crippen LogP contribution in [0.2, 0.25) is 0 Å². The minimum Gasteiger partial charge on any atom is -0.372 e. The standard InChI is InChI=1S/C19H27N5O2S.CH3NO/c1-5-15-11-20-18-17(23-9-8-22(4)14(2)12-23)10-16(13-24(15)18)27(25,26)21-19(3)6-7-19;2-1-3/h5,10-11,13-14,21H,1,6-9,12H2,2-4H3;1H,(H2,2,3). The van der Waals surface area contributed by atoms with Crippen LogP contribution in [0.15, 0.2) is 29.9 Å². The molecule has 2 fully saturated rings. The molecule has 1 amide bonds. The maximum atomic E-state index is 13.0. The quantitative estimate of drug-likeness (QED) is 0.680. The number of likely N-dealkylation sites (N-methyl/N-ethyl adjacent to an activating group) is 1. The van der Waals surface area contributed by atoms with Gasteiger partial charge in [0.25, 0.3) is 0 Å². The summed E-state index contributed by atoms with van der Waals surface area (Å²) in [5.41, 5.74) is 6.25. The van der Waals surface area contributed by atoms with E-state index in [0.717, 1.165) is 49.5 Å². The van der Waals surface area contributed by atoms with Gasteiger partial charge in [-0.3, -0.25) is 9.20 Å². The minimum absolute atomic E-state index is 0.250. The number of imidazole rings is 1. The van der Waals surface area contributed by atoms with Crippen molar-refractivity contribution < 1.29 is 13.2 Å². The summed E-state index contributed by atoms with van der Waals surface area (Å²) in [6.07, 6.45) is 7.08. The molecule has 0 bridgehead atoms. The van der Waals surface area contributed by atoms with E-state index >= 15 is 0 Å². The van der Waals surface area contributed by atoms with Gasteiger partial charge in [0.2, 0.25) is 16.4 Å². The van der Waals surface area contributed by atoms with Gasteiger partial charge in [-0.25, -0.2) is 18.1 Å². The van der Waals surface area contributed by atoms with Gasteiger partial charge in [0.15, 0.2) is 5.65 Å². The van der Waals surface area contributed by atoms with Crippen molar-refractivity contribution in [2.75, 3.05) is 31.6 Å². The van der Waals surface area contributed by atoms with Crippen molar-refractivity contribution in [1.29, 1.82) is 0 Å². The number of pyridine rings is 1. The second-order valence-corrected chi connectivity index (χ2v) is 9.90. The molecule has 30 heavy (non-hydrogen) atoms. The third-order valence-corrected chi connectivity index (χ3v) is 7.40. The molecular weight excluding hydrogens is 404 g/mol. The molecular formula is C20H30N6O3S. The van der Waals surface area contributed by atoms with Crippen molar-refractivity contribution in [2.45, 2.75) is 43.2 Å². The number of anilines is 1. The van der Waals surface area contributed by atoms with Crippen LogP contribution < -0.4 is 15.4 Å². The van der Waals surface area contributed by atoms with Gasteiger partial charge in [0.1, 0.15) is 4.90 Å². The number of piperazine rings is 1. The second kappa shape index (κ2) is 8.37. The SMILES string of the molecule is C=Cc1cnc2c(N3CCN(C)C(C)C3)cc(S(=O)(=O)NC3(C)CC3)cn12.NC=O. The number of aromatic nitrogens is 2. The van der Waals surface area contributed by atoms with Crippen molar-refractivity contribution in [2.24, 2.45) is 5.73 Å². The van der Waals surface area contributed by atoms with E-state index in [9.17, 15) is 8.42 Å². The van der Waals surface area contributed by atoms with E-state index in [4.69, 9.17) is 4.79 Å². The Labute approximate surface area is 177 Å². The molecule has 1 aliphatic heterocycles. The smallest absolute Gasteiger partial charge is 0.242 e. The predicted octanol–water partition coefficient (Wildman–Crippen LogP) is 1.05. The normalized spacial score (nSPS) is 21.0. The maximum Gasteiger partial charge on any atom is 0.242 e. The molecule has 2 aliphatic rings. The summed E-state index contributed by atoms with van der Waals surface area (Å²) >= 11 is 0. The van der Waals surface area contributed by atoms with Gasteiger partial charge < -0.3 is 15.5 Å². The molecule has 0 radical (unpaired) electrons. The predicted molar refractivity (Wildman–Crippen MR) is 118 cm³/mol. The summed E-state index contributed by atoms with van der Waals surface area (Å²) in [6, 6.07) is 2.15. The third-order valence-electron chi connectivity index (χ3n) is 5.79. The highest BCUT2D eigenvalue weighted by Crippen LogP contribution is 2.36. The Kier molecular flexibility index (Phi) is 6.21. The Balaban J connectivity index is 0.000000806. The summed E-state index contributed by atoms with van der Waals surface area (Å²) in [5, 5.41) is 0. The maximum absolute atomic E-state index is 13.0. The number of rotatable bonds is 5. The van der Waals surface area contributed by atoms with Gasteiger partial charge in [-0.2, -0.15) is 0 Å². The number of carbonyl (C=O) groups is 1. The van der Waals surface area contributed by atoms with Crippen molar-refractivity contribution in [3.8, 4) is 0 Å². The fraction of sp³-hybridized carbons (Fsp3) is 0.500. The first-order valence-electron chi connectivity index (χ1n) is 9.92. The van der Waals surface area contributed by atoms with Gasteiger partial charge in [0.05, 0.1) is 17.6 Å². The molecule has 1 unspecified atom stereocenters. The van der Waals surface area contributed by atoms with E-state index in [-0.39, 0.29) is 16.8 Å². The molecule has 1 saturated heterocycles. The minimum atomic E-state index is -3.61. The van der Waals surface area contributed by atoms with Crippen LogP contribution in [0.5, 0.6) is 0 Å². The molecule has 1 aliphatic carbocycles. The van der Waals surface area contributed by atoms with Crippen LogP contribution in [-0.2, 0) is 14.8 Å². The van der Waals surface area contributed by atoms with Crippen LogP contribution in [0.3, 0.4) is 0 Å². The molecule has 10 heteroatoms. The largest absolute Gasteiger partial charge is 0.372 e. The third kappa shape index (κ3) is 4.50. The van der Waals surface area contributed by atoms with E-state index in [2.05, 4.69) is 45.8 Å². The zero-order valence-corrected chi connectivity index (χ0v) is 18.5. The molecule has 0 spiro atoms. The summed E-state index contributed by atoms with van der Waals surface area (Å²) in [4.78, 5) is 17.9. The highest BCUT2D eigenvalue weighted by molar-refractivity contribution is 7.89. The Bertz CT molecular complexity index is 1040. The first-order chi connectivity index (χ1) is 14.1. The lowest BCUT2D eigenvalue weighted by molar-refractivity contribution is -0.106. The molecule has 0 aromatic carbocycles. The van der Waals surface area contributed by atoms with Crippen molar-refractivity contribution in [3.05, 3.63) is 30.7 Å². The number of hydrogen-bond donors (Lipinski definition) is 2. The van der Waals surface area contributed by atoms with Crippen molar-refractivity contribution >= 4 is 33.8 Å². The number of nitrogens with one attached hydrogen (secondary N) is 1. The van der Waals surface area contributed by atoms with Crippen LogP contribution >= 0.6 is 0 Å². The Morgan fingerprint density at radius 3 is 2.60 bits per heavy atom. The first kappa shape index (κ1) is 22.3. The molecule has 3 N–H and O–H groups in total. The first-order valence-corrected chi connectivity index (χ1v) is 11.4. The average Bonchev–Trinajstić information content (AvgIpc) is 3.25. The number of primary amides is 1. The Hall–Kier alpha value is -2.43. The molecule has 9 nitrogen and oxygen atoms in total. The number of sulfonamides is 1. The molecule has 4 rings (SSSR count). The molecule has 1 saturated carbocycles. The lowest BCUT2D eigenvalue weighted by Gasteiger charge is -2.39. The molecule has 2 aromatic rings. The zero-order valence-electron chi connectivity index (χ0n) is 17.7. The number of fused-ring (bicyclic) bond motifs is 1. The number of amides is 1. The number of carbonyl (C=O) groups excluding carboxylic acids is 1. The molecule has 2 aromatic heterocycles. The second-order valence-electron chi connectivity index (χ2n) is 8.22. The van der Waals surface area contributed by atoms with Crippen LogP contribution in [0.25, 0.3) is 11.7 Å².